The lowest BCUT2D eigenvalue weighted by Crippen LogP contribution is -2.09. The van der Waals surface area contributed by atoms with E-state index in [1.165, 1.54) is 36.4 Å². The van der Waals surface area contributed by atoms with Crippen molar-refractivity contribution in [1.29, 1.82) is 0 Å². The third kappa shape index (κ3) is 4.59. The van der Waals surface area contributed by atoms with Crippen molar-refractivity contribution in [2.75, 3.05) is 0 Å². The fraction of sp³-hybridized carbons (Fsp3) is 0.143. The van der Waals surface area contributed by atoms with E-state index in [4.69, 9.17) is 0 Å². The van der Waals surface area contributed by atoms with Crippen LogP contribution in [0.2, 0.25) is 0 Å². The normalized spacial score (nSPS) is 11.6. The quantitative estimate of drug-likeness (QED) is 0.697. The first-order valence-corrected chi connectivity index (χ1v) is 9.26. The predicted molar refractivity (Wildman–Crippen MR) is 84.5 cm³/mol. The van der Waals surface area contributed by atoms with Gasteiger partial charge in [-0.1, -0.05) is 44.0 Å². The smallest absolute Gasteiger partial charge is 0.158 e. The average Bonchev–Trinajstić information content (AvgIpc) is 2.36. The summed E-state index contributed by atoms with van der Waals surface area (Å²) in [7, 11) is -3.46. The van der Waals surface area contributed by atoms with Crippen molar-refractivity contribution in [3.05, 3.63) is 68.1 Å². The highest BCUT2D eigenvalue weighted by molar-refractivity contribution is 9.10. The van der Waals surface area contributed by atoms with E-state index in [0.29, 0.717) is 20.1 Å². The maximum Gasteiger partial charge on any atom is 0.158 e. The van der Waals surface area contributed by atoms with Gasteiger partial charge < -0.3 is 0 Å². The number of hydrogen-bond acceptors (Lipinski definition) is 2. The van der Waals surface area contributed by atoms with Crippen molar-refractivity contribution < 1.29 is 17.2 Å². The van der Waals surface area contributed by atoms with Gasteiger partial charge in [-0.2, -0.15) is 0 Å². The lowest BCUT2D eigenvalue weighted by Gasteiger charge is -2.08. The van der Waals surface area contributed by atoms with Crippen LogP contribution in [0, 0.1) is 11.6 Å². The van der Waals surface area contributed by atoms with Crippen LogP contribution in [-0.4, -0.2) is 8.42 Å². The Bertz CT molecular complexity index is 717. The Hall–Kier alpha value is -0.790. The molecule has 0 atom stereocenters. The Labute approximate surface area is 138 Å². The van der Waals surface area contributed by atoms with Gasteiger partial charge in [-0.15, -0.1) is 0 Å². The molecule has 0 N–H and O–H groups in total. The largest absolute Gasteiger partial charge is 0.228 e. The lowest BCUT2D eigenvalue weighted by atomic mass is 10.2. The van der Waals surface area contributed by atoms with Gasteiger partial charge in [0.05, 0.1) is 11.5 Å². The second kappa shape index (κ2) is 6.54. The van der Waals surface area contributed by atoms with E-state index in [-0.39, 0.29) is 11.5 Å². The standard InChI is InChI=1S/C14H10Br2F2O2S/c15-13-5-11(17)3-1-9(13)7-21(19,20)8-10-2-4-12(18)6-14(10)16/h1-6H,7-8H2. The Morgan fingerprint density at radius 2 is 1.19 bits per heavy atom. The van der Waals surface area contributed by atoms with Crippen molar-refractivity contribution >= 4 is 41.7 Å². The summed E-state index contributed by atoms with van der Waals surface area (Å²) in [6.45, 7) is 0. The van der Waals surface area contributed by atoms with Crippen molar-refractivity contribution in [3.63, 3.8) is 0 Å². The number of hydrogen-bond donors (Lipinski definition) is 0. The molecule has 2 rings (SSSR count). The van der Waals surface area contributed by atoms with E-state index in [1.807, 2.05) is 0 Å². The molecule has 0 aliphatic carbocycles. The van der Waals surface area contributed by atoms with Gasteiger partial charge in [0.2, 0.25) is 0 Å². The summed E-state index contributed by atoms with van der Waals surface area (Å²) in [6, 6.07) is 7.72. The molecule has 2 aromatic rings. The molecule has 0 aromatic heterocycles. The van der Waals surface area contributed by atoms with Crippen LogP contribution >= 0.6 is 31.9 Å². The van der Waals surface area contributed by atoms with Gasteiger partial charge in [-0.25, -0.2) is 17.2 Å². The Kier molecular flexibility index (Phi) is 5.16. The van der Waals surface area contributed by atoms with Crippen LogP contribution < -0.4 is 0 Å². The van der Waals surface area contributed by atoms with Crippen LogP contribution in [0.25, 0.3) is 0 Å². The average molecular weight is 440 g/mol. The predicted octanol–water partition coefficient (Wildman–Crippen LogP) is 4.60. The number of benzene rings is 2. The van der Waals surface area contributed by atoms with Crippen LogP contribution in [-0.2, 0) is 21.3 Å². The van der Waals surface area contributed by atoms with E-state index in [0.717, 1.165) is 0 Å². The van der Waals surface area contributed by atoms with Gasteiger partial charge >= 0.3 is 0 Å². The minimum absolute atomic E-state index is 0.225. The van der Waals surface area contributed by atoms with Crippen molar-refractivity contribution in [1.82, 2.24) is 0 Å². The minimum atomic E-state index is -3.46. The molecular formula is C14H10Br2F2O2S. The third-order valence-corrected chi connectivity index (χ3v) is 5.76. The van der Waals surface area contributed by atoms with E-state index in [1.54, 1.807) is 0 Å². The Morgan fingerprint density at radius 3 is 1.52 bits per heavy atom. The molecule has 0 unspecified atom stereocenters. The molecule has 7 heteroatoms. The maximum absolute atomic E-state index is 13.0. The van der Waals surface area contributed by atoms with Crippen LogP contribution in [0.1, 0.15) is 11.1 Å². The van der Waals surface area contributed by atoms with E-state index >= 15 is 0 Å². The molecule has 2 nitrogen and oxygen atoms in total. The molecular weight excluding hydrogens is 430 g/mol. The minimum Gasteiger partial charge on any atom is -0.228 e. The van der Waals surface area contributed by atoms with E-state index < -0.39 is 21.5 Å². The summed E-state index contributed by atoms with van der Waals surface area (Å²) in [6.07, 6.45) is 0. The van der Waals surface area contributed by atoms with Crippen molar-refractivity contribution in [3.8, 4) is 0 Å². The zero-order valence-corrected chi connectivity index (χ0v) is 14.6. The first-order valence-electron chi connectivity index (χ1n) is 5.85. The van der Waals surface area contributed by atoms with E-state index in [2.05, 4.69) is 31.9 Å². The molecule has 112 valence electrons. The lowest BCUT2D eigenvalue weighted by molar-refractivity contribution is 0.593. The summed E-state index contributed by atoms with van der Waals surface area (Å²) in [5.74, 6) is -1.33. The topological polar surface area (TPSA) is 34.1 Å². The molecule has 0 bridgehead atoms. The van der Waals surface area contributed by atoms with Crippen LogP contribution in [0.3, 0.4) is 0 Å². The summed E-state index contributed by atoms with van der Waals surface area (Å²) >= 11 is 6.29. The monoisotopic (exact) mass is 438 g/mol. The zero-order valence-electron chi connectivity index (χ0n) is 10.6. The third-order valence-electron chi connectivity index (χ3n) is 2.78. The molecule has 0 amide bonds. The molecule has 0 saturated heterocycles. The van der Waals surface area contributed by atoms with Crippen molar-refractivity contribution in [2.24, 2.45) is 0 Å². The molecule has 0 spiro atoms. The highest BCUT2D eigenvalue weighted by atomic mass is 79.9. The molecule has 0 aliphatic rings. The van der Waals surface area contributed by atoms with E-state index in [9.17, 15) is 17.2 Å². The van der Waals surface area contributed by atoms with Gasteiger partial charge in [0.25, 0.3) is 0 Å². The van der Waals surface area contributed by atoms with Crippen LogP contribution in [0.15, 0.2) is 45.3 Å². The zero-order chi connectivity index (χ0) is 15.6. The second-order valence-corrected chi connectivity index (χ2v) is 8.28. The fourth-order valence-corrected chi connectivity index (χ4v) is 4.71. The van der Waals surface area contributed by atoms with Gasteiger partial charge in [-0.3, -0.25) is 0 Å². The molecule has 21 heavy (non-hydrogen) atoms. The summed E-state index contributed by atoms with van der Waals surface area (Å²) in [5.41, 5.74) is 0.962. The number of rotatable bonds is 4. The van der Waals surface area contributed by atoms with Gasteiger partial charge in [0, 0.05) is 8.95 Å². The van der Waals surface area contributed by atoms with Gasteiger partial charge in [-0.05, 0) is 35.4 Å². The summed E-state index contributed by atoms with van der Waals surface area (Å²) in [5, 5.41) is 0. The summed E-state index contributed by atoms with van der Waals surface area (Å²) in [4.78, 5) is 0. The number of halogens is 4. The molecule has 2 aromatic carbocycles. The molecule has 0 heterocycles. The maximum atomic E-state index is 13.0. The highest BCUT2D eigenvalue weighted by Crippen LogP contribution is 2.24. The van der Waals surface area contributed by atoms with Crippen LogP contribution in [0.4, 0.5) is 8.78 Å². The van der Waals surface area contributed by atoms with Gasteiger partial charge in [0.15, 0.2) is 9.84 Å². The molecule has 0 fully saturated rings. The van der Waals surface area contributed by atoms with Gasteiger partial charge in [0.1, 0.15) is 11.6 Å². The van der Waals surface area contributed by atoms with Crippen LogP contribution in [0.5, 0.6) is 0 Å². The first-order chi connectivity index (χ1) is 9.77. The molecule has 0 aliphatic heterocycles. The second-order valence-electron chi connectivity index (χ2n) is 4.50. The SMILES string of the molecule is O=S(=O)(Cc1ccc(F)cc1Br)Cc1ccc(F)cc1Br. The molecule has 0 radical (unpaired) electrons. The Morgan fingerprint density at radius 1 is 0.810 bits per heavy atom. The Balaban J connectivity index is 2.22. The number of sulfone groups is 1. The summed E-state index contributed by atoms with van der Waals surface area (Å²) < 4.78 is 51.2. The molecule has 0 saturated carbocycles. The highest BCUT2D eigenvalue weighted by Gasteiger charge is 2.17. The fourth-order valence-electron chi connectivity index (χ4n) is 1.80. The van der Waals surface area contributed by atoms with Crippen molar-refractivity contribution in [2.45, 2.75) is 11.5 Å². The first kappa shape index (κ1) is 16.6.